The average molecular weight is 749 g/mol. The topological polar surface area (TPSA) is 129 Å². The van der Waals surface area contributed by atoms with Gasteiger partial charge in [-0.05, 0) is 68.5 Å². The van der Waals surface area contributed by atoms with E-state index in [1.807, 2.05) is 84.9 Å². The number of aliphatic hydroxyl groups excluding tert-OH is 1. The lowest BCUT2D eigenvalue weighted by molar-refractivity contribution is -0.146. The fourth-order valence-corrected chi connectivity index (χ4v) is 8.71. The third-order valence-electron chi connectivity index (χ3n) is 11.3. The first kappa shape index (κ1) is 39.4. The van der Waals surface area contributed by atoms with E-state index in [1.165, 1.54) is 4.90 Å². The molecule has 7 atom stereocenters. The highest BCUT2D eigenvalue weighted by Gasteiger charge is 2.75. The first-order valence-electron chi connectivity index (χ1n) is 19.3. The Balaban J connectivity index is 1.37. The van der Waals surface area contributed by atoms with E-state index in [1.54, 1.807) is 17.1 Å². The van der Waals surface area contributed by atoms with Gasteiger partial charge in [-0.2, -0.15) is 0 Å². The Morgan fingerprint density at radius 3 is 2.20 bits per heavy atom. The predicted octanol–water partition coefficient (Wildman–Crippen LogP) is 5.53. The summed E-state index contributed by atoms with van der Waals surface area (Å²) in [6, 6.07) is 23.3. The van der Waals surface area contributed by atoms with E-state index in [0.717, 1.165) is 24.3 Å². The normalized spacial score (nSPS) is 23.4. The molecule has 3 fully saturated rings. The van der Waals surface area contributed by atoms with Crippen LogP contribution in [0.4, 0.5) is 11.4 Å². The van der Waals surface area contributed by atoms with Crippen LogP contribution in [0.1, 0.15) is 62.7 Å². The molecule has 11 nitrogen and oxygen atoms in total. The minimum absolute atomic E-state index is 0.106. The van der Waals surface area contributed by atoms with Crippen molar-refractivity contribution < 1.29 is 33.8 Å². The number of rotatable bonds is 18. The molecule has 11 heteroatoms. The standard InChI is InChI=1S/C44H52N4O7/c1-5-9-20-37(50)54-29-34(30-16-12-10-13-17-30)45-41(51)38-36-25-26-44(55-36)39(38)42(52)48(35(28-49)31-18-14-11-15-19-31)40(44)43(53)47(27-6-2)33-23-21-32(22-24-33)46(7-3)8-4/h5-6,10-19,21-24,34-36,38-40,49H,1-2,7-9,20,25-29H2,3-4H3,(H,45,51)/t34-,35-,36+,38-,39-,40+,44-/m1/s1. The van der Waals surface area contributed by atoms with Gasteiger partial charge in [-0.1, -0.05) is 72.8 Å². The second-order valence-corrected chi connectivity index (χ2v) is 14.3. The summed E-state index contributed by atoms with van der Waals surface area (Å²) in [7, 11) is 0. The van der Waals surface area contributed by atoms with E-state index in [2.05, 4.69) is 37.2 Å². The Morgan fingerprint density at radius 1 is 0.964 bits per heavy atom. The van der Waals surface area contributed by atoms with Gasteiger partial charge < -0.3 is 34.6 Å². The molecule has 3 aliphatic rings. The number of ether oxygens (including phenoxy) is 2. The van der Waals surface area contributed by atoms with Crippen molar-refractivity contribution in [2.75, 3.05) is 42.6 Å². The number of benzene rings is 3. The van der Waals surface area contributed by atoms with Crippen LogP contribution in [0.25, 0.3) is 0 Å². The number of esters is 1. The number of carbonyl (C=O) groups is 4. The Kier molecular flexibility index (Phi) is 12.5. The number of amides is 3. The molecule has 2 bridgehead atoms. The molecular formula is C44H52N4O7. The SMILES string of the molecule is C=CCCC(=O)OC[C@@H](NC(=O)[C@@H]1[C@@H]2CC[C@]3(O2)[C@H](C(=O)N(CC=C)c2ccc(N(CC)CC)cc2)N([C@H](CO)c2ccccc2)C(=O)[C@@H]13)c1ccccc1. The van der Waals surface area contributed by atoms with E-state index in [9.17, 15) is 14.7 Å². The van der Waals surface area contributed by atoms with Crippen LogP contribution in [-0.4, -0.2) is 84.3 Å². The number of fused-ring (bicyclic) bond motifs is 1. The number of hydrogen-bond donors (Lipinski definition) is 2. The van der Waals surface area contributed by atoms with Crippen LogP contribution in [0.15, 0.2) is 110 Å². The molecule has 6 rings (SSSR count). The van der Waals surface area contributed by atoms with Crippen LogP contribution in [0.5, 0.6) is 0 Å². The van der Waals surface area contributed by atoms with E-state index >= 15 is 9.59 Å². The third kappa shape index (κ3) is 7.68. The minimum Gasteiger partial charge on any atom is -0.463 e. The Hall–Kier alpha value is -5.26. The van der Waals surface area contributed by atoms with Crippen LogP contribution in [0, 0.1) is 11.8 Å². The molecule has 0 saturated carbocycles. The summed E-state index contributed by atoms with van der Waals surface area (Å²) < 4.78 is 12.4. The fourth-order valence-electron chi connectivity index (χ4n) is 8.71. The zero-order chi connectivity index (χ0) is 39.1. The molecule has 290 valence electrons. The molecule has 0 aromatic heterocycles. The first-order chi connectivity index (χ1) is 26.7. The summed E-state index contributed by atoms with van der Waals surface area (Å²) in [5.74, 6) is -3.57. The van der Waals surface area contributed by atoms with Crippen LogP contribution >= 0.6 is 0 Å². The second kappa shape index (κ2) is 17.5. The lowest BCUT2D eigenvalue weighted by Crippen LogP contribution is -2.57. The van der Waals surface area contributed by atoms with Crippen LogP contribution in [-0.2, 0) is 28.7 Å². The summed E-state index contributed by atoms with van der Waals surface area (Å²) in [6.07, 6.45) is 4.13. The maximum atomic E-state index is 15.2. The van der Waals surface area contributed by atoms with Gasteiger partial charge in [-0.15, -0.1) is 13.2 Å². The first-order valence-corrected chi connectivity index (χ1v) is 19.3. The van der Waals surface area contributed by atoms with E-state index in [0.29, 0.717) is 30.5 Å². The van der Waals surface area contributed by atoms with Crippen LogP contribution < -0.4 is 15.1 Å². The average Bonchev–Trinajstić information content (AvgIpc) is 3.86. The summed E-state index contributed by atoms with van der Waals surface area (Å²) in [5.41, 5.74) is 1.71. The lowest BCUT2D eigenvalue weighted by atomic mass is 9.70. The summed E-state index contributed by atoms with van der Waals surface area (Å²) >= 11 is 0. The Morgan fingerprint density at radius 2 is 1.60 bits per heavy atom. The molecule has 3 aromatic carbocycles. The van der Waals surface area contributed by atoms with Crippen LogP contribution in [0.2, 0.25) is 0 Å². The molecular weight excluding hydrogens is 697 g/mol. The van der Waals surface area contributed by atoms with Gasteiger partial charge in [0.05, 0.1) is 36.6 Å². The number of likely N-dealkylation sites (tertiary alicyclic amines) is 1. The number of aliphatic hydroxyl groups is 1. The van der Waals surface area contributed by atoms with Crippen molar-refractivity contribution in [3.05, 3.63) is 121 Å². The Bertz CT molecular complexity index is 1830. The van der Waals surface area contributed by atoms with Gasteiger partial charge in [0, 0.05) is 37.4 Å². The zero-order valence-corrected chi connectivity index (χ0v) is 31.7. The van der Waals surface area contributed by atoms with E-state index in [-0.39, 0.29) is 25.5 Å². The smallest absolute Gasteiger partial charge is 0.306 e. The molecule has 0 radical (unpaired) electrons. The van der Waals surface area contributed by atoms with Crippen molar-refractivity contribution in [2.24, 2.45) is 11.8 Å². The molecule has 3 heterocycles. The van der Waals surface area contributed by atoms with Crippen molar-refractivity contribution in [1.82, 2.24) is 10.2 Å². The summed E-state index contributed by atoms with van der Waals surface area (Å²) in [5, 5.41) is 14.0. The van der Waals surface area contributed by atoms with Crippen LogP contribution in [0.3, 0.4) is 0 Å². The van der Waals surface area contributed by atoms with Crippen molar-refractivity contribution >= 4 is 35.1 Å². The number of allylic oxidation sites excluding steroid dienone is 1. The summed E-state index contributed by atoms with van der Waals surface area (Å²) in [4.78, 5) is 62.6. The van der Waals surface area contributed by atoms with Gasteiger partial charge in [-0.3, -0.25) is 19.2 Å². The molecule has 3 aromatic rings. The third-order valence-corrected chi connectivity index (χ3v) is 11.3. The van der Waals surface area contributed by atoms with Crippen molar-refractivity contribution in [2.45, 2.75) is 69.4 Å². The molecule has 2 N–H and O–H groups in total. The molecule has 3 amide bonds. The minimum atomic E-state index is -1.33. The van der Waals surface area contributed by atoms with Gasteiger partial charge in [0.15, 0.2) is 0 Å². The van der Waals surface area contributed by atoms with E-state index < -0.39 is 66.1 Å². The maximum absolute atomic E-state index is 15.2. The highest BCUT2D eigenvalue weighted by Crippen LogP contribution is 2.60. The highest BCUT2D eigenvalue weighted by atomic mass is 16.5. The molecule has 3 saturated heterocycles. The van der Waals surface area contributed by atoms with E-state index in [4.69, 9.17) is 9.47 Å². The van der Waals surface area contributed by atoms with Gasteiger partial charge in [-0.25, -0.2) is 0 Å². The maximum Gasteiger partial charge on any atom is 0.306 e. The zero-order valence-electron chi connectivity index (χ0n) is 31.7. The molecule has 1 spiro atoms. The fraction of sp³-hybridized carbons (Fsp3) is 0.409. The number of anilines is 2. The van der Waals surface area contributed by atoms with Gasteiger partial charge >= 0.3 is 5.97 Å². The van der Waals surface area contributed by atoms with Crippen molar-refractivity contribution in [3.63, 3.8) is 0 Å². The monoisotopic (exact) mass is 748 g/mol. The van der Waals surface area contributed by atoms with Crippen molar-refractivity contribution in [1.29, 1.82) is 0 Å². The van der Waals surface area contributed by atoms with Gasteiger partial charge in [0.25, 0.3) is 5.91 Å². The second-order valence-electron chi connectivity index (χ2n) is 14.3. The number of nitrogens with one attached hydrogen (secondary N) is 1. The molecule has 55 heavy (non-hydrogen) atoms. The summed E-state index contributed by atoms with van der Waals surface area (Å²) in [6.45, 7) is 13.0. The molecule has 3 aliphatic heterocycles. The largest absolute Gasteiger partial charge is 0.463 e. The number of nitrogens with zero attached hydrogens (tertiary/aromatic N) is 3. The van der Waals surface area contributed by atoms with Gasteiger partial charge in [0.2, 0.25) is 11.8 Å². The molecule has 0 unspecified atom stereocenters. The van der Waals surface area contributed by atoms with Crippen molar-refractivity contribution in [3.8, 4) is 0 Å². The van der Waals surface area contributed by atoms with Gasteiger partial charge in [0.1, 0.15) is 18.2 Å². The predicted molar refractivity (Wildman–Crippen MR) is 211 cm³/mol. The number of carbonyl (C=O) groups excluding carboxylic acids is 4. The highest BCUT2D eigenvalue weighted by molar-refractivity contribution is 6.05. The Labute approximate surface area is 323 Å². The lowest BCUT2D eigenvalue weighted by Gasteiger charge is -2.39. The molecule has 0 aliphatic carbocycles. The number of hydrogen-bond acceptors (Lipinski definition) is 8. The quantitative estimate of drug-likeness (QED) is 0.129.